The van der Waals surface area contributed by atoms with Crippen LogP contribution in [0.4, 0.5) is 0 Å². The molecule has 0 unspecified atom stereocenters. The Morgan fingerprint density at radius 2 is 1.72 bits per heavy atom. The quantitative estimate of drug-likeness (QED) is 0.503. The van der Waals surface area contributed by atoms with Crippen molar-refractivity contribution in [2.24, 2.45) is 0 Å². The number of carbonyl (C=O) groups is 1. The maximum absolute atomic E-state index is 12.2. The van der Waals surface area contributed by atoms with Crippen LogP contribution in [0.25, 0.3) is 11.0 Å². The summed E-state index contributed by atoms with van der Waals surface area (Å²) in [5.41, 5.74) is 2.62. The van der Waals surface area contributed by atoms with Crippen LogP contribution in [0.5, 0.6) is 5.75 Å². The third-order valence-corrected chi connectivity index (χ3v) is 4.64. The van der Waals surface area contributed by atoms with E-state index >= 15 is 0 Å². The number of nitrogens with zero attached hydrogens (tertiary/aromatic N) is 3. The first-order valence-electron chi connectivity index (χ1n) is 9.61. The molecule has 0 bridgehead atoms. The molecule has 1 N–H and O–H groups in total. The Labute approximate surface area is 169 Å². The average Bonchev–Trinajstić information content (AvgIpc) is 3.12. The number of nitrogens with one attached hydrogen (secondary N) is 1. The van der Waals surface area contributed by atoms with Crippen molar-refractivity contribution in [1.82, 2.24) is 19.9 Å². The Morgan fingerprint density at radius 1 is 0.966 bits per heavy atom. The molecule has 0 atom stereocenters. The molecule has 0 radical (unpaired) electrons. The maximum Gasteiger partial charge on any atom is 0.251 e. The number of hydrogen-bond donors (Lipinski definition) is 1. The van der Waals surface area contributed by atoms with Crippen LogP contribution in [0.2, 0.25) is 0 Å². The summed E-state index contributed by atoms with van der Waals surface area (Å²) < 4.78 is 8.02. The van der Waals surface area contributed by atoms with Crippen molar-refractivity contribution in [3.05, 3.63) is 90.5 Å². The van der Waals surface area contributed by atoms with Gasteiger partial charge in [-0.1, -0.05) is 30.3 Å². The summed E-state index contributed by atoms with van der Waals surface area (Å²) in [6.07, 6.45) is 3.86. The number of imidazole rings is 1. The van der Waals surface area contributed by atoms with Gasteiger partial charge in [0.05, 0.1) is 17.6 Å². The first-order valence-corrected chi connectivity index (χ1v) is 9.61. The summed E-state index contributed by atoms with van der Waals surface area (Å²) >= 11 is 0. The molecular weight excluding hydrogens is 364 g/mol. The van der Waals surface area contributed by atoms with Crippen LogP contribution < -0.4 is 10.1 Å². The van der Waals surface area contributed by atoms with Crippen LogP contribution in [0, 0.1) is 0 Å². The molecule has 0 aliphatic carbocycles. The lowest BCUT2D eigenvalue weighted by molar-refractivity contribution is 0.0953. The van der Waals surface area contributed by atoms with Crippen molar-refractivity contribution in [1.29, 1.82) is 0 Å². The molecule has 2 aromatic heterocycles. The number of aromatic nitrogens is 3. The van der Waals surface area contributed by atoms with Crippen LogP contribution in [0.15, 0.2) is 79.1 Å². The highest BCUT2D eigenvalue weighted by Gasteiger charge is 2.11. The Kier molecular flexibility index (Phi) is 5.81. The largest absolute Gasteiger partial charge is 0.492 e. The van der Waals surface area contributed by atoms with Crippen LogP contribution in [0.3, 0.4) is 0 Å². The lowest BCUT2D eigenvalue weighted by Gasteiger charge is -2.11. The van der Waals surface area contributed by atoms with Crippen LogP contribution >= 0.6 is 0 Å². The van der Waals surface area contributed by atoms with Crippen LogP contribution in [0.1, 0.15) is 16.2 Å². The second-order valence-electron chi connectivity index (χ2n) is 6.57. The van der Waals surface area contributed by atoms with Crippen LogP contribution in [-0.2, 0) is 13.0 Å². The molecule has 6 nitrogen and oxygen atoms in total. The number of benzene rings is 2. The van der Waals surface area contributed by atoms with E-state index in [0.29, 0.717) is 31.7 Å². The third kappa shape index (κ3) is 4.60. The molecule has 146 valence electrons. The van der Waals surface area contributed by atoms with Gasteiger partial charge in [0, 0.05) is 30.9 Å². The first kappa shape index (κ1) is 18.7. The van der Waals surface area contributed by atoms with E-state index in [0.717, 1.165) is 22.6 Å². The van der Waals surface area contributed by atoms with Gasteiger partial charge in [0.1, 0.15) is 18.2 Å². The van der Waals surface area contributed by atoms with Gasteiger partial charge in [-0.25, -0.2) is 4.98 Å². The summed E-state index contributed by atoms with van der Waals surface area (Å²) in [6.45, 7) is 1.73. The topological polar surface area (TPSA) is 69.0 Å². The lowest BCUT2D eigenvalue weighted by Crippen LogP contribution is -2.26. The molecule has 0 saturated heterocycles. The summed E-state index contributed by atoms with van der Waals surface area (Å²) in [5, 5.41) is 2.95. The van der Waals surface area contributed by atoms with Gasteiger partial charge in [-0.3, -0.25) is 9.78 Å². The Balaban J connectivity index is 1.42. The van der Waals surface area contributed by atoms with E-state index in [9.17, 15) is 4.79 Å². The van der Waals surface area contributed by atoms with E-state index in [2.05, 4.69) is 20.9 Å². The average molecular weight is 386 g/mol. The van der Waals surface area contributed by atoms with Gasteiger partial charge in [-0.15, -0.1) is 0 Å². The summed E-state index contributed by atoms with van der Waals surface area (Å²) in [6, 6.07) is 21.2. The SMILES string of the molecule is O=C(NCCc1nc2ccccc2n1CCOc1ccccc1)c1ccncc1. The lowest BCUT2D eigenvalue weighted by atomic mass is 10.2. The van der Waals surface area contributed by atoms with E-state index in [4.69, 9.17) is 9.72 Å². The zero-order valence-electron chi connectivity index (χ0n) is 16.0. The molecule has 0 aliphatic rings. The van der Waals surface area contributed by atoms with Gasteiger partial charge in [0.15, 0.2) is 0 Å². The minimum Gasteiger partial charge on any atom is -0.492 e. The summed E-state index contributed by atoms with van der Waals surface area (Å²) in [5.74, 6) is 1.67. The molecular formula is C23H22N4O2. The molecule has 0 spiro atoms. The fourth-order valence-electron chi connectivity index (χ4n) is 3.23. The normalized spacial score (nSPS) is 10.8. The molecule has 29 heavy (non-hydrogen) atoms. The van der Waals surface area contributed by atoms with E-state index in [1.807, 2.05) is 48.5 Å². The molecule has 2 aromatic carbocycles. The van der Waals surface area contributed by atoms with E-state index in [-0.39, 0.29) is 5.91 Å². The van der Waals surface area contributed by atoms with Crippen molar-refractivity contribution in [2.45, 2.75) is 13.0 Å². The van der Waals surface area contributed by atoms with Gasteiger partial charge in [-0.2, -0.15) is 0 Å². The summed E-state index contributed by atoms with van der Waals surface area (Å²) in [4.78, 5) is 20.9. The number of carbonyl (C=O) groups excluding carboxylic acids is 1. The standard InChI is InChI=1S/C23H22N4O2/c28-23(18-10-13-24-14-11-18)25-15-12-22-26-20-8-4-5-9-21(20)27(22)16-17-29-19-6-2-1-3-7-19/h1-11,13-14H,12,15-17H2,(H,25,28). The number of rotatable bonds is 8. The van der Waals surface area contributed by atoms with E-state index in [1.54, 1.807) is 24.5 Å². The predicted octanol–water partition coefficient (Wildman–Crippen LogP) is 3.48. The zero-order chi connectivity index (χ0) is 19.9. The fourth-order valence-corrected chi connectivity index (χ4v) is 3.23. The number of para-hydroxylation sites is 3. The minimum atomic E-state index is -0.109. The number of fused-ring (bicyclic) bond motifs is 1. The van der Waals surface area contributed by atoms with Crippen LogP contribution in [-0.4, -0.2) is 33.6 Å². The number of pyridine rings is 1. The fraction of sp³-hybridized carbons (Fsp3) is 0.174. The van der Waals surface area contributed by atoms with Gasteiger partial charge in [0.2, 0.25) is 0 Å². The van der Waals surface area contributed by atoms with Crippen molar-refractivity contribution < 1.29 is 9.53 Å². The highest BCUT2D eigenvalue weighted by Crippen LogP contribution is 2.17. The zero-order valence-corrected chi connectivity index (χ0v) is 16.0. The molecule has 0 fully saturated rings. The van der Waals surface area contributed by atoms with Crippen molar-refractivity contribution in [3.63, 3.8) is 0 Å². The van der Waals surface area contributed by atoms with Crippen molar-refractivity contribution >= 4 is 16.9 Å². The highest BCUT2D eigenvalue weighted by molar-refractivity contribution is 5.93. The van der Waals surface area contributed by atoms with Gasteiger partial charge < -0.3 is 14.6 Å². The smallest absolute Gasteiger partial charge is 0.251 e. The highest BCUT2D eigenvalue weighted by atomic mass is 16.5. The van der Waals surface area contributed by atoms with Crippen molar-refractivity contribution in [2.75, 3.05) is 13.2 Å². The Hall–Kier alpha value is -3.67. The van der Waals surface area contributed by atoms with E-state index in [1.165, 1.54) is 0 Å². The monoisotopic (exact) mass is 386 g/mol. The molecule has 0 aliphatic heterocycles. The first-order chi connectivity index (χ1) is 14.3. The predicted molar refractivity (Wildman–Crippen MR) is 112 cm³/mol. The molecule has 6 heteroatoms. The molecule has 4 aromatic rings. The van der Waals surface area contributed by atoms with Gasteiger partial charge in [0.25, 0.3) is 5.91 Å². The van der Waals surface area contributed by atoms with E-state index < -0.39 is 0 Å². The van der Waals surface area contributed by atoms with Gasteiger partial charge in [-0.05, 0) is 36.4 Å². The third-order valence-electron chi connectivity index (χ3n) is 4.64. The Morgan fingerprint density at radius 3 is 2.55 bits per heavy atom. The minimum absolute atomic E-state index is 0.109. The van der Waals surface area contributed by atoms with Crippen molar-refractivity contribution in [3.8, 4) is 5.75 Å². The number of ether oxygens (including phenoxy) is 1. The second kappa shape index (κ2) is 9.01. The summed E-state index contributed by atoms with van der Waals surface area (Å²) in [7, 11) is 0. The number of amides is 1. The molecule has 2 heterocycles. The molecule has 4 rings (SSSR count). The maximum atomic E-state index is 12.2. The second-order valence-corrected chi connectivity index (χ2v) is 6.57. The Bertz CT molecular complexity index is 1080. The molecule has 1 amide bonds. The number of hydrogen-bond acceptors (Lipinski definition) is 4. The molecule has 0 saturated carbocycles. The van der Waals surface area contributed by atoms with Gasteiger partial charge >= 0.3 is 0 Å².